The van der Waals surface area contributed by atoms with Crippen molar-refractivity contribution in [3.8, 4) is 0 Å². The Hall–Kier alpha value is -1.96. The minimum atomic E-state index is -0.0559. The maximum Gasteiger partial charge on any atom is 0.278 e. The highest BCUT2D eigenvalue weighted by Crippen LogP contribution is 2.32. The van der Waals surface area contributed by atoms with Crippen LogP contribution in [0.15, 0.2) is 24.4 Å². The number of hydrogen-bond donors (Lipinski definition) is 0. The van der Waals surface area contributed by atoms with Crippen LogP contribution in [0.4, 0.5) is 5.13 Å². The predicted octanol–water partition coefficient (Wildman–Crippen LogP) is 3.76. The second kappa shape index (κ2) is 8.82. The quantitative estimate of drug-likeness (QED) is 0.624. The Morgan fingerprint density at radius 2 is 1.96 bits per heavy atom. The monoisotopic (exact) mass is 407 g/mol. The molecular formula is C19H26ClN5OS. The number of aryl methyl sites for hydroxylation is 3. The van der Waals surface area contributed by atoms with Gasteiger partial charge >= 0.3 is 0 Å². The van der Waals surface area contributed by atoms with Crippen LogP contribution in [-0.2, 0) is 6.54 Å². The summed E-state index contributed by atoms with van der Waals surface area (Å²) >= 11 is 1.57. The summed E-state index contributed by atoms with van der Waals surface area (Å²) in [6.07, 6.45) is 1.67. The van der Waals surface area contributed by atoms with Crippen molar-refractivity contribution in [1.29, 1.82) is 0 Å². The summed E-state index contributed by atoms with van der Waals surface area (Å²) in [7, 11) is 4.01. The molecule has 3 rings (SSSR count). The minimum absolute atomic E-state index is 0. The number of likely N-dealkylation sites (N-methyl/N-ethyl adjacent to an activating group) is 1. The molecule has 0 spiro atoms. The van der Waals surface area contributed by atoms with Gasteiger partial charge in [-0.1, -0.05) is 17.4 Å². The second-order valence-electron chi connectivity index (χ2n) is 6.72. The fourth-order valence-electron chi connectivity index (χ4n) is 2.96. The van der Waals surface area contributed by atoms with E-state index in [-0.39, 0.29) is 18.3 Å². The molecule has 0 radical (unpaired) electrons. The molecular weight excluding hydrogens is 382 g/mol. The number of carbonyl (C=O) groups excluding carboxylic acids is 1. The zero-order valence-electron chi connectivity index (χ0n) is 16.4. The van der Waals surface area contributed by atoms with Crippen LogP contribution in [0.5, 0.6) is 0 Å². The average Bonchev–Trinajstić information content (AvgIpc) is 3.20. The molecule has 0 bridgehead atoms. The van der Waals surface area contributed by atoms with Gasteiger partial charge in [-0.2, -0.15) is 5.10 Å². The lowest BCUT2D eigenvalue weighted by atomic mass is 10.1. The summed E-state index contributed by atoms with van der Waals surface area (Å²) < 4.78 is 2.84. The van der Waals surface area contributed by atoms with E-state index in [1.165, 1.54) is 5.56 Å². The summed E-state index contributed by atoms with van der Waals surface area (Å²) in [6.45, 7) is 8.14. The number of benzene rings is 1. The molecule has 2 aromatic heterocycles. The van der Waals surface area contributed by atoms with Crippen molar-refractivity contribution in [3.05, 3.63) is 41.2 Å². The lowest BCUT2D eigenvalue weighted by molar-refractivity contribution is 0.0975. The molecule has 2 heterocycles. The highest BCUT2D eigenvalue weighted by atomic mass is 35.5. The first kappa shape index (κ1) is 21.3. The van der Waals surface area contributed by atoms with Gasteiger partial charge in [-0.25, -0.2) is 4.98 Å². The lowest BCUT2D eigenvalue weighted by Crippen LogP contribution is -2.37. The van der Waals surface area contributed by atoms with Crippen LogP contribution in [0.25, 0.3) is 10.2 Å². The Balaban J connectivity index is 0.00000261. The Kier molecular flexibility index (Phi) is 6.97. The van der Waals surface area contributed by atoms with Gasteiger partial charge in [-0.3, -0.25) is 14.4 Å². The fraction of sp³-hybridized carbons (Fsp3) is 0.421. The molecule has 0 atom stereocenters. The van der Waals surface area contributed by atoms with Crippen molar-refractivity contribution in [2.24, 2.45) is 0 Å². The van der Waals surface area contributed by atoms with Crippen LogP contribution in [0.1, 0.15) is 28.5 Å². The summed E-state index contributed by atoms with van der Waals surface area (Å²) in [6, 6.07) is 6.04. The topological polar surface area (TPSA) is 54.3 Å². The molecule has 27 heavy (non-hydrogen) atoms. The van der Waals surface area contributed by atoms with Gasteiger partial charge in [0.15, 0.2) is 5.13 Å². The van der Waals surface area contributed by atoms with Crippen molar-refractivity contribution in [3.63, 3.8) is 0 Å². The van der Waals surface area contributed by atoms with E-state index >= 15 is 0 Å². The van der Waals surface area contributed by atoms with E-state index in [4.69, 9.17) is 4.98 Å². The number of carbonyl (C=O) groups is 1. The normalized spacial score (nSPS) is 11.0. The van der Waals surface area contributed by atoms with Crippen LogP contribution in [-0.4, -0.2) is 52.8 Å². The number of nitrogens with zero attached hydrogens (tertiary/aromatic N) is 5. The summed E-state index contributed by atoms with van der Waals surface area (Å²) in [5.74, 6) is -0.0559. The number of thiazole rings is 1. The van der Waals surface area contributed by atoms with Crippen LogP contribution in [0.3, 0.4) is 0 Å². The Morgan fingerprint density at radius 3 is 2.63 bits per heavy atom. The SMILES string of the molecule is CCn1nccc1C(=O)N(CCN(C)C)c1nc2c(C)cc(C)cc2s1.Cl. The van der Waals surface area contributed by atoms with Crippen molar-refractivity contribution in [1.82, 2.24) is 19.7 Å². The number of anilines is 1. The number of aromatic nitrogens is 3. The third kappa shape index (κ3) is 4.48. The number of amides is 1. The number of hydrogen-bond acceptors (Lipinski definition) is 5. The first-order valence-corrected chi connectivity index (χ1v) is 9.58. The van der Waals surface area contributed by atoms with E-state index in [0.717, 1.165) is 27.5 Å². The summed E-state index contributed by atoms with van der Waals surface area (Å²) in [4.78, 5) is 21.9. The smallest absolute Gasteiger partial charge is 0.278 e. The van der Waals surface area contributed by atoms with Gasteiger partial charge in [-0.15, -0.1) is 12.4 Å². The van der Waals surface area contributed by atoms with E-state index in [0.29, 0.717) is 18.8 Å². The van der Waals surface area contributed by atoms with Crippen molar-refractivity contribution < 1.29 is 4.79 Å². The van der Waals surface area contributed by atoms with Gasteiger partial charge in [0.1, 0.15) is 5.69 Å². The predicted molar refractivity (Wildman–Crippen MR) is 114 cm³/mol. The zero-order valence-corrected chi connectivity index (χ0v) is 18.0. The van der Waals surface area contributed by atoms with Crippen molar-refractivity contribution in [2.45, 2.75) is 27.3 Å². The largest absolute Gasteiger partial charge is 0.308 e. The first-order chi connectivity index (χ1) is 12.4. The highest BCUT2D eigenvalue weighted by molar-refractivity contribution is 7.22. The fourth-order valence-corrected chi connectivity index (χ4v) is 4.13. The van der Waals surface area contributed by atoms with E-state index in [1.54, 1.807) is 33.2 Å². The highest BCUT2D eigenvalue weighted by Gasteiger charge is 2.24. The standard InChI is InChI=1S/C19H25N5OS.ClH/c1-6-24-15(7-8-20-24)18(25)23(10-9-22(4)5)19-21-17-14(3)11-13(2)12-16(17)26-19;/h7-8,11-12H,6,9-10H2,1-5H3;1H. The number of halogens is 1. The van der Waals surface area contributed by atoms with E-state index < -0.39 is 0 Å². The van der Waals surface area contributed by atoms with Gasteiger partial charge in [-0.05, 0) is 58.1 Å². The van der Waals surface area contributed by atoms with Crippen LogP contribution in [0, 0.1) is 13.8 Å². The Labute approximate surface area is 170 Å². The average molecular weight is 408 g/mol. The van der Waals surface area contributed by atoms with Crippen molar-refractivity contribution in [2.75, 3.05) is 32.1 Å². The second-order valence-corrected chi connectivity index (χ2v) is 7.73. The molecule has 3 aromatic rings. The van der Waals surface area contributed by atoms with E-state index in [2.05, 4.69) is 36.0 Å². The van der Waals surface area contributed by atoms with Gasteiger partial charge in [0.2, 0.25) is 0 Å². The number of rotatable bonds is 6. The third-order valence-electron chi connectivity index (χ3n) is 4.30. The molecule has 0 unspecified atom stereocenters. The van der Waals surface area contributed by atoms with Crippen LogP contribution >= 0.6 is 23.7 Å². The first-order valence-electron chi connectivity index (χ1n) is 8.77. The molecule has 0 saturated carbocycles. The molecule has 6 nitrogen and oxygen atoms in total. The van der Waals surface area contributed by atoms with Gasteiger partial charge < -0.3 is 4.90 Å². The maximum absolute atomic E-state index is 13.2. The maximum atomic E-state index is 13.2. The third-order valence-corrected chi connectivity index (χ3v) is 5.33. The molecule has 1 amide bonds. The Bertz CT molecular complexity index is 933. The molecule has 0 aliphatic rings. The molecule has 146 valence electrons. The van der Waals surface area contributed by atoms with Gasteiger partial charge in [0.25, 0.3) is 5.91 Å². The minimum Gasteiger partial charge on any atom is -0.308 e. The number of fused-ring (bicyclic) bond motifs is 1. The molecule has 0 saturated heterocycles. The summed E-state index contributed by atoms with van der Waals surface area (Å²) in [5.41, 5.74) is 3.92. The van der Waals surface area contributed by atoms with E-state index in [9.17, 15) is 4.79 Å². The van der Waals surface area contributed by atoms with Gasteiger partial charge in [0.05, 0.1) is 10.2 Å². The molecule has 0 N–H and O–H groups in total. The lowest BCUT2D eigenvalue weighted by Gasteiger charge is -2.22. The van der Waals surface area contributed by atoms with Crippen LogP contribution < -0.4 is 4.90 Å². The summed E-state index contributed by atoms with van der Waals surface area (Å²) in [5, 5.41) is 4.98. The Morgan fingerprint density at radius 1 is 1.22 bits per heavy atom. The van der Waals surface area contributed by atoms with Crippen molar-refractivity contribution >= 4 is 45.0 Å². The molecule has 0 aliphatic heterocycles. The van der Waals surface area contributed by atoms with E-state index in [1.807, 2.05) is 21.0 Å². The van der Waals surface area contributed by atoms with Gasteiger partial charge in [0, 0.05) is 25.8 Å². The molecule has 1 aromatic carbocycles. The molecule has 8 heteroatoms. The molecule has 0 fully saturated rings. The van der Waals surface area contributed by atoms with Crippen LogP contribution in [0.2, 0.25) is 0 Å². The zero-order chi connectivity index (χ0) is 18.8. The molecule has 0 aliphatic carbocycles.